The highest BCUT2D eigenvalue weighted by Crippen LogP contribution is 2.25. The van der Waals surface area contributed by atoms with E-state index < -0.39 is 0 Å². The van der Waals surface area contributed by atoms with Crippen molar-refractivity contribution in [2.75, 3.05) is 19.7 Å². The van der Waals surface area contributed by atoms with Gasteiger partial charge in [0.25, 0.3) is 11.8 Å². The van der Waals surface area contributed by atoms with Gasteiger partial charge >= 0.3 is 0 Å². The van der Waals surface area contributed by atoms with Gasteiger partial charge in [-0.1, -0.05) is 18.2 Å². The smallest absolute Gasteiger partial charge is 0.253 e. The summed E-state index contributed by atoms with van der Waals surface area (Å²) in [5.41, 5.74) is 3.57. The van der Waals surface area contributed by atoms with Crippen molar-refractivity contribution in [3.8, 4) is 17.0 Å². The van der Waals surface area contributed by atoms with E-state index in [0.29, 0.717) is 49.4 Å². The average Bonchev–Trinajstić information content (AvgIpc) is 2.93. The second kappa shape index (κ2) is 10.6. The molecule has 1 aliphatic rings. The molecule has 0 unspecified atom stereocenters. The number of hydrogen-bond acceptors (Lipinski definition) is 5. The Bertz CT molecular complexity index is 1360. The van der Waals surface area contributed by atoms with Crippen molar-refractivity contribution in [2.24, 2.45) is 0 Å². The Kier molecular flexibility index (Phi) is 6.89. The van der Waals surface area contributed by atoms with Gasteiger partial charge in [-0.05, 0) is 68.3 Å². The van der Waals surface area contributed by atoms with Crippen LogP contribution in [0.2, 0.25) is 0 Å². The third-order valence-electron chi connectivity index (χ3n) is 6.45. The van der Waals surface area contributed by atoms with Crippen LogP contribution in [0.5, 0.6) is 5.75 Å². The number of nitrogens with zero attached hydrogens (tertiary/aromatic N) is 3. The van der Waals surface area contributed by atoms with Crippen molar-refractivity contribution in [2.45, 2.75) is 25.8 Å². The number of benzene rings is 2. The molecule has 4 aromatic rings. The van der Waals surface area contributed by atoms with E-state index in [4.69, 9.17) is 9.72 Å². The molecule has 1 fully saturated rings. The number of pyridine rings is 2. The van der Waals surface area contributed by atoms with Crippen molar-refractivity contribution >= 4 is 22.7 Å². The molecular formula is C29H28N4O3. The molecule has 2 aromatic heterocycles. The third-order valence-corrected chi connectivity index (χ3v) is 6.45. The zero-order chi connectivity index (χ0) is 24.9. The van der Waals surface area contributed by atoms with Crippen LogP contribution in [0.1, 0.15) is 40.5 Å². The molecule has 3 heterocycles. The molecule has 0 spiro atoms. The number of nitrogens with one attached hydrogen (secondary N) is 1. The zero-order valence-corrected chi connectivity index (χ0v) is 20.2. The highest BCUT2D eigenvalue weighted by molar-refractivity contribution is 6.07. The quantitative estimate of drug-likeness (QED) is 0.431. The summed E-state index contributed by atoms with van der Waals surface area (Å²) < 4.78 is 5.46. The molecule has 1 saturated heterocycles. The van der Waals surface area contributed by atoms with Crippen LogP contribution in [-0.4, -0.2) is 52.4 Å². The fourth-order valence-electron chi connectivity index (χ4n) is 4.56. The van der Waals surface area contributed by atoms with Crippen LogP contribution in [0.3, 0.4) is 0 Å². The molecule has 2 amide bonds. The fourth-order valence-corrected chi connectivity index (χ4v) is 4.56. The lowest BCUT2D eigenvalue weighted by Crippen LogP contribution is -2.46. The molecule has 0 aliphatic carbocycles. The second-order valence-corrected chi connectivity index (χ2v) is 8.81. The molecule has 1 aliphatic heterocycles. The number of likely N-dealkylation sites (tertiary alicyclic amines) is 1. The van der Waals surface area contributed by atoms with Crippen molar-refractivity contribution in [1.82, 2.24) is 20.2 Å². The van der Waals surface area contributed by atoms with E-state index in [1.807, 2.05) is 66.4 Å². The fraction of sp³-hybridized carbons (Fsp3) is 0.241. The number of fused-ring (bicyclic) bond motifs is 1. The lowest BCUT2D eigenvalue weighted by molar-refractivity contribution is 0.0698. The first-order valence-electron chi connectivity index (χ1n) is 12.3. The number of carbonyl (C=O) groups excluding carboxylic acids is 2. The molecule has 0 bridgehead atoms. The summed E-state index contributed by atoms with van der Waals surface area (Å²) in [5.74, 6) is 0.630. The van der Waals surface area contributed by atoms with Crippen LogP contribution in [0.4, 0.5) is 0 Å². The molecule has 0 saturated carbocycles. The van der Waals surface area contributed by atoms with Crippen molar-refractivity contribution in [3.63, 3.8) is 0 Å². The average molecular weight is 481 g/mol. The maximum absolute atomic E-state index is 13.4. The Morgan fingerprint density at radius 1 is 1.03 bits per heavy atom. The second-order valence-electron chi connectivity index (χ2n) is 8.81. The van der Waals surface area contributed by atoms with Crippen LogP contribution in [0.25, 0.3) is 22.2 Å². The minimum atomic E-state index is -0.130. The van der Waals surface area contributed by atoms with Crippen LogP contribution in [0, 0.1) is 0 Å². The SMILES string of the molecule is CCOc1ccc(C(=O)N2CCC(NC(=O)c3cc(-c4cccnc4)nc4ccccc34)CC2)cc1. The Morgan fingerprint density at radius 3 is 2.53 bits per heavy atom. The van der Waals surface area contributed by atoms with Gasteiger partial charge in [0.05, 0.1) is 23.4 Å². The monoisotopic (exact) mass is 480 g/mol. The molecule has 0 atom stereocenters. The highest BCUT2D eigenvalue weighted by atomic mass is 16.5. The van der Waals surface area contributed by atoms with Gasteiger partial charge in [-0.25, -0.2) is 4.98 Å². The Hall–Kier alpha value is -4.26. The first-order chi connectivity index (χ1) is 17.6. The summed E-state index contributed by atoms with van der Waals surface area (Å²) in [6.07, 6.45) is 4.86. The molecular weight excluding hydrogens is 452 g/mol. The molecule has 182 valence electrons. The van der Waals surface area contributed by atoms with Crippen molar-refractivity contribution in [3.05, 3.63) is 90.3 Å². The first kappa shape index (κ1) is 23.5. The molecule has 0 radical (unpaired) electrons. The summed E-state index contributed by atoms with van der Waals surface area (Å²) in [5, 5.41) is 4.00. The Balaban J connectivity index is 1.27. The van der Waals surface area contributed by atoms with E-state index >= 15 is 0 Å². The predicted molar refractivity (Wildman–Crippen MR) is 139 cm³/mol. The van der Waals surface area contributed by atoms with Gasteiger partial charge in [-0.15, -0.1) is 0 Å². The lowest BCUT2D eigenvalue weighted by atomic mass is 10.0. The number of para-hydroxylation sites is 1. The topological polar surface area (TPSA) is 84.4 Å². The number of ether oxygens (including phenoxy) is 1. The van der Waals surface area contributed by atoms with E-state index in [1.54, 1.807) is 24.5 Å². The molecule has 2 aromatic carbocycles. The molecule has 5 rings (SSSR count). The minimum absolute atomic E-state index is 0.00376. The maximum Gasteiger partial charge on any atom is 0.253 e. The van der Waals surface area contributed by atoms with E-state index in [9.17, 15) is 9.59 Å². The number of carbonyl (C=O) groups is 2. The Labute approximate surface area is 210 Å². The van der Waals surface area contributed by atoms with E-state index in [-0.39, 0.29) is 17.9 Å². The van der Waals surface area contributed by atoms with Gasteiger partial charge in [0.2, 0.25) is 0 Å². The van der Waals surface area contributed by atoms with Gasteiger partial charge in [0.1, 0.15) is 5.75 Å². The van der Waals surface area contributed by atoms with Gasteiger partial charge in [0.15, 0.2) is 0 Å². The third kappa shape index (κ3) is 5.05. The number of aromatic nitrogens is 2. The molecule has 36 heavy (non-hydrogen) atoms. The van der Waals surface area contributed by atoms with Crippen LogP contribution >= 0.6 is 0 Å². The van der Waals surface area contributed by atoms with Crippen LogP contribution in [0.15, 0.2) is 79.1 Å². The molecule has 7 nitrogen and oxygen atoms in total. The number of hydrogen-bond donors (Lipinski definition) is 1. The summed E-state index contributed by atoms with van der Waals surface area (Å²) >= 11 is 0. The van der Waals surface area contributed by atoms with E-state index in [0.717, 1.165) is 22.2 Å². The first-order valence-corrected chi connectivity index (χ1v) is 12.3. The number of amides is 2. The standard InChI is InChI=1S/C29H28N4O3/c1-2-36-23-11-9-20(10-12-23)29(35)33-16-13-22(14-17-33)31-28(34)25-18-27(21-6-5-15-30-19-21)32-26-8-4-3-7-24(25)26/h3-12,15,18-19,22H,2,13-14,16-17H2,1H3,(H,31,34). The molecule has 7 heteroatoms. The number of piperidine rings is 1. The van der Waals surface area contributed by atoms with E-state index in [1.165, 1.54) is 0 Å². The zero-order valence-electron chi connectivity index (χ0n) is 20.2. The number of rotatable bonds is 6. The normalized spacial score (nSPS) is 14.0. The van der Waals surface area contributed by atoms with Crippen LogP contribution < -0.4 is 10.1 Å². The summed E-state index contributed by atoms with van der Waals surface area (Å²) in [6.45, 7) is 3.70. The lowest BCUT2D eigenvalue weighted by Gasteiger charge is -2.32. The Morgan fingerprint density at radius 2 is 1.81 bits per heavy atom. The summed E-state index contributed by atoms with van der Waals surface area (Å²) in [6, 6.07) is 20.5. The largest absolute Gasteiger partial charge is 0.494 e. The van der Waals surface area contributed by atoms with Gasteiger partial charge < -0.3 is 15.0 Å². The minimum Gasteiger partial charge on any atom is -0.494 e. The van der Waals surface area contributed by atoms with Gasteiger partial charge in [-0.3, -0.25) is 14.6 Å². The maximum atomic E-state index is 13.4. The van der Waals surface area contributed by atoms with Gasteiger partial charge in [-0.2, -0.15) is 0 Å². The van der Waals surface area contributed by atoms with Crippen molar-refractivity contribution < 1.29 is 14.3 Å². The van der Waals surface area contributed by atoms with Gasteiger partial charge in [0, 0.05) is 48.0 Å². The summed E-state index contributed by atoms with van der Waals surface area (Å²) in [7, 11) is 0. The predicted octanol–water partition coefficient (Wildman–Crippen LogP) is 4.73. The summed E-state index contributed by atoms with van der Waals surface area (Å²) in [4.78, 5) is 37.1. The molecule has 1 N–H and O–H groups in total. The van der Waals surface area contributed by atoms with Crippen molar-refractivity contribution in [1.29, 1.82) is 0 Å². The van der Waals surface area contributed by atoms with E-state index in [2.05, 4.69) is 10.3 Å². The van der Waals surface area contributed by atoms with Crippen LogP contribution in [-0.2, 0) is 0 Å². The highest BCUT2D eigenvalue weighted by Gasteiger charge is 2.25.